The second kappa shape index (κ2) is 6.71. The van der Waals surface area contributed by atoms with Crippen LogP contribution in [0.3, 0.4) is 0 Å². The minimum Gasteiger partial charge on any atom is -0.360 e. The Morgan fingerprint density at radius 1 is 1.45 bits per heavy atom. The van der Waals surface area contributed by atoms with Gasteiger partial charge in [-0.25, -0.2) is 4.98 Å². The van der Waals surface area contributed by atoms with Crippen molar-refractivity contribution in [1.82, 2.24) is 14.3 Å². The quantitative estimate of drug-likeness (QED) is 0.908. The van der Waals surface area contributed by atoms with E-state index >= 15 is 0 Å². The first-order valence-corrected chi connectivity index (χ1v) is 7.59. The minimum absolute atomic E-state index is 0.236. The maximum absolute atomic E-state index is 12.4. The zero-order valence-electron chi connectivity index (χ0n) is 11.4. The molecule has 1 aromatic heterocycles. The largest absolute Gasteiger partial charge is 0.401 e. The van der Waals surface area contributed by atoms with Crippen molar-refractivity contribution in [2.75, 3.05) is 31.5 Å². The zero-order chi connectivity index (χ0) is 14.6. The Labute approximate surface area is 120 Å². The van der Waals surface area contributed by atoms with E-state index in [1.165, 1.54) is 16.4 Å². The van der Waals surface area contributed by atoms with Crippen molar-refractivity contribution in [3.63, 3.8) is 0 Å². The highest BCUT2D eigenvalue weighted by Crippen LogP contribution is 2.23. The molecular formula is C12H19F3N4S. The maximum atomic E-state index is 12.4. The van der Waals surface area contributed by atoms with Crippen LogP contribution in [0.2, 0.25) is 0 Å². The number of alkyl halides is 3. The summed E-state index contributed by atoms with van der Waals surface area (Å²) in [4.78, 5) is 5.79. The third-order valence-corrected chi connectivity index (χ3v) is 4.04. The zero-order valence-corrected chi connectivity index (χ0v) is 12.2. The van der Waals surface area contributed by atoms with Crippen LogP contribution in [-0.2, 0) is 6.42 Å². The Morgan fingerprint density at radius 3 is 2.90 bits per heavy atom. The molecule has 0 aliphatic carbocycles. The fourth-order valence-electron chi connectivity index (χ4n) is 2.42. The lowest BCUT2D eigenvalue weighted by Gasteiger charge is -2.33. The van der Waals surface area contributed by atoms with Gasteiger partial charge < -0.3 is 5.32 Å². The van der Waals surface area contributed by atoms with Gasteiger partial charge in [-0.1, -0.05) is 6.92 Å². The second-order valence-electron chi connectivity index (χ2n) is 5.11. The van der Waals surface area contributed by atoms with Crippen LogP contribution in [0, 0.1) is 5.92 Å². The number of nitrogens with one attached hydrogen (secondary N) is 1. The summed E-state index contributed by atoms with van der Waals surface area (Å²) in [7, 11) is 0. The lowest BCUT2D eigenvalue weighted by Crippen LogP contribution is -2.42. The predicted octanol–water partition coefficient (Wildman–Crippen LogP) is 2.79. The first-order chi connectivity index (χ1) is 9.46. The molecule has 1 aliphatic heterocycles. The van der Waals surface area contributed by atoms with Gasteiger partial charge in [0.1, 0.15) is 5.82 Å². The van der Waals surface area contributed by atoms with Gasteiger partial charge in [0.05, 0.1) is 6.54 Å². The number of halogens is 3. The molecule has 1 fully saturated rings. The predicted molar refractivity (Wildman–Crippen MR) is 73.0 cm³/mol. The number of hydrogen-bond acceptors (Lipinski definition) is 5. The molecule has 20 heavy (non-hydrogen) atoms. The number of nitrogens with zero attached hydrogens (tertiary/aromatic N) is 3. The van der Waals surface area contributed by atoms with Gasteiger partial charge in [0, 0.05) is 31.0 Å². The highest BCUT2D eigenvalue weighted by atomic mass is 32.1. The molecule has 1 atom stereocenters. The third kappa shape index (κ3) is 4.90. The van der Waals surface area contributed by atoms with Crippen LogP contribution < -0.4 is 5.32 Å². The van der Waals surface area contributed by atoms with Crippen LogP contribution in [-0.4, -0.2) is 46.6 Å². The standard InChI is InChI=1S/C12H19F3N4S/c1-2-10-17-11(20-18-10)16-6-9-4-3-5-19(7-9)8-12(13,14)15/h9H,2-8H2,1H3,(H,16,17,18)/t9-/m1/s1. The monoisotopic (exact) mass is 308 g/mol. The molecule has 1 N–H and O–H groups in total. The van der Waals surface area contributed by atoms with Crippen LogP contribution in [0.1, 0.15) is 25.6 Å². The molecule has 0 radical (unpaired) electrons. The van der Waals surface area contributed by atoms with Crippen LogP contribution in [0.5, 0.6) is 0 Å². The van der Waals surface area contributed by atoms with E-state index in [1.807, 2.05) is 6.92 Å². The van der Waals surface area contributed by atoms with Crippen molar-refractivity contribution in [1.29, 1.82) is 0 Å². The highest BCUT2D eigenvalue weighted by molar-refractivity contribution is 7.09. The first kappa shape index (κ1) is 15.5. The molecule has 0 saturated carbocycles. The average molecular weight is 308 g/mol. The summed E-state index contributed by atoms with van der Waals surface area (Å²) >= 11 is 1.31. The lowest BCUT2D eigenvalue weighted by molar-refractivity contribution is -0.149. The summed E-state index contributed by atoms with van der Waals surface area (Å²) in [5.74, 6) is 1.04. The Balaban J connectivity index is 1.78. The SMILES string of the molecule is CCc1nsc(NC[C@H]2CCCN(CC(F)(F)F)C2)n1. The van der Waals surface area contributed by atoms with Crippen LogP contribution in [0.25, 0.3) is 0 Å². The van der Waals surface area contributed by atoms with Crippen LogP contribution >= 0.6 is 11.5 Å². The molecule has 114 valence electrons. The molecule has 0 amide bonds. The number of piperidine rings is 1. The van der Waals surface area contributed by atoms with Gasteiger partial charge >= 0.3 is 6.18 Å². The Morgan fingerprint density at radius 2 is 2.25 bits per heavy atom. The van der Waals surface area contributed by atoms with Gasteiger partial charge in [0.25, 0.3) is 0 Å². The summed E-state index contributed by atoms with van der Waals surface area (Å²) in [6.07, 6.45) is -1.54. The summed E-state index contributed by atoms with van der Waals surface area (Å²) in [5.41, 5.74) is 0. The van der Waals surface area contributed by atoms with E-state index in [1.54, 1.807) is 0 Å². The second-order valence-corrected chi connectivity index (χ2v) is 5.86. The molecule has 1 saturated heterocycles. The molecule has 0 unspecified atom stereocenters. The Hall–Kier alpha value is -0.890. The van der Waals surface area contributed by atoms with Crippen molar-refractivity contribution >= 4 is 16.7 Å². The van der Waals surface area contributed by atoms with Crippen LogP contribution in [0.15, 0.2) is 0 Å². The van der Waals surface area contributed by atoms with Gasteiger partial charge in [0.15, 0.2) is 0 Å². The summed E-state index contributed by atoms with van der Waals surface area (Å²) in [5, 5.41) is 3.95. The molecule has 0 bridgehead atoms. The summed E-state index contributed by atoms with van der Waals surface area (Å²) in [6, 6.07) is 0. The molecule has 1 aliphatic rings. The molecule has 0 spiro atoms. The molecule has 2 rings (SSSR count). The van der Waals surface area contributed by atoms with Gasteiger partial charge in [-0.3, -0.25) is 4.90 Å². The number of aromatic nitrogens is 2. The first-order valence-electron chi connectivity index (χ1n) is 6.82. The van der Waals surface area contributed by atoms with Gasteiger partial charge in [-0.2, -0.15) is 17.5 Å². The fraction of sp³-hybridized carbons (Fsp3) is 0.833. The molecule has 4 nitrogen and oxygen atoms in total. The number of likely N-dealkylation sites (tertiary alicyclic amines) is 1. The van der Waals surface area contributed by atoms with E-state index in [-0.39, 0.29) is 5.92 Å². The van der Waals surface area contributed by atoms with Gasteiger partial charge in [0.2, 0.25) is 5.13 Å². The maximum Gasteiger partial charge on any atom is 0.401 e. The number of rotatable bonds is 5. The topological polar surface area (TPSA) is 41.1 Å². The van der Waals surface area contributed by atoms with E-state index in [9.17, 15) is 13.2 Å². The van der Waals surface area contributed by atoms with Crippen molar-refractivity contribution in [2.45, 2.75) is 32.4 Å². The van der Waals surface area contributed by atoms with Crippen molar-refractivity contribution in [3.8, 4) is 0 Å². The van der Waals surface area contributed by atoms with Crippen molar-refractivity contribution in [2.24, 2.45) is 5.92 Å². The normalized spacial score (nSPS) is 21.1. The molecule has 2 heterocycles. The number of anilines is 1. The van der Waals surface area contributed by atoms with E-state index in [0.29, 0.717) is 19.6 Å². The Bertz CT molecular complexity index is 421. The van der Waals surface area contributed by atoms with Crippen molar-refractivity contribution < 1.29 is 13.2 Å². The third-order valence-electron chi connectivity index (χ3n) is 3.33. The summed E-state index contributed by atoms with van der Waals surface area (Å²) < 4.78 is 41.3. The molecule has 0 aromatic carbocycles. The Kier molecular flexibility index (Phi) is 5.20. The van der Waals surface area contributed by atoms with Crippen molar-refractivity contribution in [3.05, 3.63) is 5.82 Å². The van der Waals surface area contributed by atoms with E-state index < -0.39 is 12.7 Å². The lowest BCUT2D eigenvalue weighted by atomic mass is 9.98. The molecule has 1 aromatic rings. The number of aryl methyl sites for hydroxylation is 1. The van der Waals surface area contributed by atoms with Crippen LogP contribution in [0.4, 0.5) is 18.3 Å². The average Bonchev–Trinajstić information content (AvgIpc) is 2.83. The minimum atomic E-state index is -4.11. The molecule has 8 heteroatoms. The van der Waals surface area contributed by atoms with E-state index in [0.717, 1.165) is 30.2 Å². The van der Waals surface area contributed by atoms with Gasteiger partial charge in [-0.15, -0.1) is 0 Å². The molecular weight excluding hydrogens is 289 g/mol. The highest BCUT2D eigenvalue weighted by Gasteiger charge is 2.32. The number of hydrogen-bond donors (Lipinski definition) is 1. The summed E-state index contributed by atoms with van der Waals surface area (Å²) in [6.45, 7) is 2.87. The van der Waals surface area contributed by atoms with Gasteiger partial charge in [-0.05, 0) is 25.3 Å². The van der Waals surface area contributed by atoms with E-state index in [2.05, 4.69) is 14.7 Å². The fourth-order valence-corrected chi connectivity index (χ4v) is 3.07. The smallest absolute Gasteiger partial charge is 0.360 e. The van der Waals surface area contributed by atoms with E-state index in [4.69, 9.17) is 0 Å².